The summed E-state index contributed by atoms with van der Waals surface area (Å²) < 4.78 is 65.7. The van der Waals surface area contributed by atoms with Gasteiger partial charge < -0.3 is 9.47 Å². The first-order valence-electron chi connectivity index (χ1n) is 16.3. The summed E-state index contributed by atoms with van der Waals surface area (Å²) in [6, 6.07) is 23.8. The third-order valence-electron chi connectivity index (χ3n) is 7.71. The lowest BCUT2D eigenvalue weighted by atomic mass is 10.2. The van der Waals surface area contributed by atoms with Crippen LogP contribution < -0.4 is 40.6 Å². The van der Waals surface area contributed by atoms with Crippen LogP contribution in [0.3, 0.4) is 0 Å². The maximum atomic E-state index is 13.2. The molecule has 0 aliphatic rings. The summed E-state index contributed by atoms with van der Waals surface area (Å²) in [4.78, 5) is 24.2. The highest BCUT2D eigenvalue weighted by Gasteiger charge is 2.34. The average Bonchev–Trinajstić information content (AvgIpc) is 3.13. The van der Waals surface area contributed by atoms with E-state index in [1.807, 2.05) is 38.5 Å². The number of nitrogens with two attached hydrogens (primary N) is 2. The number of hydrogen-bond acceptors (Lipinski definition) is 10. The molecule has 280 valence electrons. The molecule has 0 aromatic heterocycles. The van der Waals surface area contributed by atoms with Gasteiger partial charge in [0.2, 0.25) is 0 Å². The molecule has 2 atom stereocenters. The van der Waals surface area contributed by atoms with Crippen LogP contribution in [-0.2, 0) is 29.6 Å². The highest BCUT2D eigenvalue weighted by Crippen LogP contribution is 2.29. The van der Waals surface area contributed by atoms with Crippen molar-refractivity contribution in [2.45, 2.75) is 63.4 Å². The third-order valence-corrected chi connectivity index (χ3v) is 11.5. The minimum Gasteiger partial charge on any atom is -0.494 e. The van der Waals surface area contributed by atoms with Gasteiger partial charge in [-0.1, -0.05) is 35.4 Å². The van der Waals surface area contributed by atoms with Gasteiger partial charge in [0, 0.05) is 0 Å². The second-order valence-corrected chi connectivity index (χ2v) is 15.1. The molecule has 0 saturated heterocycles. The number of anilines is 2. The number of hydrogen-bond donors (Lipinski definition) is 4. The summed E-state index contributed by atoms with van der Waals surface area (Å²) in [5, 5.41) is 0. The van der Waals surface area contributed by atoms with Crippen molar-refractivity contribution in [2.75, 3.05) is 21.8 Å². The van der Waals surface area contributed by atoms with Gasteiger partial charge in [0.25, 0.3) is 31.9 Å². The Kier molecular flexibility index (Phi) is 14.6. The summed E-state index contributed by atoms with van der Waals surface area (Å²) in [5.41, 5.74) is 6.72. The van der Waals surface area contributed by atoms with Gasteiger partial charge in [-0.25, -0.2) is 28.5 Å². The number of rotatable bonds is 14. The van der Waals surface area contributed by atoms with Crippen LogP contribution in [-0.4, -0.2) is 53.9 Å². The van der Waals surface area contributed by atoms with Crippen LogP contribution in [0.2, 0.25) is 0 Å². The summed E-state index contributed by atoms with van der Waals surface area (Å²) >= 11 is 0. The molecule has 0 aliphatic carbocycles. The van der Waals surface area contributed by atoms with Crippen LogP contribution in [0.25, 0.3) is 0 Å². The molecule has 0 spiro atoms. The molecule has 4 aromatic carbocycles. The van der Waals surface area contributed by atoms with Crippen LogP contribution in [0, 0.1) is 13.8 Å². The second kappa shape index (κ2) is 18.4. The number of amides is 2. The average molecular weight is 755 g/mol. The number of aryl methyl sites for hydroxylation is 2. The van der Waals surface area contributed by atoms with E-state index in [9.17, 15) is 26.4 Å². The van der Waals surface area contributed by atoms with E-state index < -0.39 is 43.9 Å². The molecule has 0 radical (unpaired) electrons. The van der Waals surface area contributed by atoms with E-state index in [1.165, 1.54) is 38.1 Å². The quantitative estimate of drug-likeness (QED) is 0.0830. The molecule has 14 nitrogen and oxygen atoms in total. The number of hydrazine groups is 2. The molecule has 0 bridgehead atoms. The molecule has 2 unspecified atom stereocenters. The predicted octanol–water partition coefficient (Wildman–Crippen LogP) is 3.93. The normalized spacial score (nSPS) is 12.3. The first-order valence-corrected chi connectivity index (χ1v) is 19.2. The number of nitrogens with one attached hydrogen (secondary N) is 2. The first kappa shape index (κ1) is 41.3. The Morgan fingerprint density at radius 2 is 0.865 bits per heavy atom. The molecule has 2 amide bonds. The third kappa shape index (κ3) is 10.00. The Labute approximate surface area is 305 Å². The predicted molar refractivity (Wildman–Crippen MR) is 200 cm³/mol. The van der Waals surface area contributed by atoms with Crippen molar-refractivity contribution >= 4 is 43.2 Å². The van der Waals surface area contributed by atoms with Crippen molar-refractivity contribution in [2.24, 2.45) is 11.7 Å². The van der Waals surface area contributed by atoms with E-state index in [0.29, 0.717) is 36.1 Å². The Balaban J connectivity index is 0.000000280. The van der Waals surface area contributed by atoms with Gasteiger partial charge in [-0.3, -0.25) is 29.1 Å². The van der Waals surface area contributed by atoms with Gasteiger partial charge in [0.1, 0.15) is 23.6 Å². The first-order chi connectivity index (χ1) is 24.6. The standard InChI is InChI=1S/2C18H23N3O4S/c2*1-4-25-16-9-11-17(12-10-16)26(23,24)21(14(3)18(22)20-19)15-7-5-13(2)6-8-15/h2*5-12,14H,4,19H2,1-3H3,(H,20,22). The zero-order chi connectivity index (χ0) is 38.6. The van der Waals surface area contributed by atoms with Crippen LogP contribution in [0.15, 0.2) is 107 Å². The van der Waals surface area contributed by atoms with Crippen LogP contribution in [0.5, 0.6) is 11.5 Å². The molecule has 0 saturated carbocycles. The van der Waals surface area contributed by atoms with Crippen molar-refractivity contribution in [1.82, 2.24) is 10.9 Å². The van der Waals surface area contributed by atoms with Gasteiger partial charge in [-0.05, 0) is 114 Å². The highest BCUT2D eigenvalue weighted by atomic mass is 32.2. The molecule has 16 heteroatoms. The summed E-state index contributed by atoms with van der Waals surface area (Å²) in [6.45, 7) is 11.4. The van der Waals surface area contributed by atoms with E-state index in [4.69, 9.17) is 21.2 Å². The molecule has 0 heterocycles. The van der Waals surface area contributed by atoms with E-state index in [1.54, 1.807) is 72.8 Å². The summed E-state index contributed by atoms with van der Waals surface area (Å²) in [5.74, 6) is 10.3. The van der Waals surface area contributed by atoms with Crippen molar-refractivity contribution < 1.29 is 35.9 Å². The van der Waals surface area contributed by atoms with Crippen molar-refractivity contribution in [3.63, 3.8) is 0 Å². The Hall–Kier alpha value is -5.16. The lowest BCUT2D eigenvalue weighted by molar-refractivity contribution is -0.122. The minimum atomic E-state index is -3.99. The zero-order valence-corrected chi connectivity index (χ0v) is 31.6. The number of nitrogens with zero attached hydrogens (tertiary/aromatic N) is 2. The minimum absolute atomic E-state index is 0.0539. The topological polar surface area (TPSA) is 203 Å². The second-order valence-electron chi connectivity index (χ2n) is 11.5. The molecule has 0 aliphatic heterocycles. The van der Waals surface area contributed by atoms with Gasteiger partial charge >= 0.3 is 0 Å². The molecule has 4 aromatic rings. The molecule has 6 N–H and O–H groups in total. The number of sulfonamides is 2. The SMILES string of the molecule is CCOc1ccc(S(=O)(=O)N(c2ccc(C)cc2)C(C)C(=O)NN)cc1.CCOc1ccc(S(=O)(=O)N(c2ccc(C)cc2)C(C)C(=O)NN)cc1. The monoisotopic (exact) mass is 754 g/mol. The van der Waals surface area contributed by atoms with Crippen molar-refractivity contribution in [3.05, 3.63) is 108 Å². The van der Waals surface area contributed by atoms with E-state index >= 15 is 0 Å². The fraction of sp³-hybridized carbons (Fsp3) is 0.278. The Morgan fingerprint density at radius 1 is 0.577 bits per heavy atom. The Bertz CT molecular complexity index is 1850. The lowest BCUT2D eigenvalue weighted by Gasteiger charge is -2.29. The maximum Gasteiger partial charge on any atom is 0.265 e. The van der Waals surface area contributed by atoms with Crippen LogP contribution in [0.1, 0.15) is 38.8 Å². The summed E-state index contributed by atoms with van der Waals surface area (Å²) in [7, 11) is -7.98. The van der Waals surface area contributed by atoms with Crippen LogP contribution >= 0.6 is 0 Å². The zero-order valence-electron chi connectivity index (χ0n) is 29.9. The maximum absolute atomic E-state index is 13.2. The van der Waals surface area contributed by atoms with Gasteiger partial charge in [-0.2, -0.15) is 0 Å². The van der Waals surface area contributed by atoms with E-state index in [-0.39, 0.29) is 9.79 Å². The number of carbonyl (C=O) groups excluding carboxylic acids is 2. The summed E-state index contributed by atoms with van der Waals surface area (Å²) in [6.07, 6.45) is 0. The number of benzene rings is 4. The van der Waals surface area contributed by atoms with Crippen LogP contribution in [0.4, 0.5) is 11.4 Å². The largest absolute Gasteiger partial charge is 0.494 e. The molecular weight excluding hydrogens is 709 g/mol. The number of carbonyl (C=O) groups is 2. The van der Waals surface area contributed by atoms with E-state index in [2.05, 4.69) is 0 Å². The van der Waals surface area contributed by atoms with Crippen molar-refractivity contribution in [1.29, 1.82) is 0 Å². The Morgan fingerprint density at radius 3 is 1.12 bits per heavy atom. The van der Waals surface area contributed by atoms with Gasteiger partial charge in [0.05, 0.1) is 34.4 Å². The molecular formula is C36H46N6O8S2. The molecule has 52 heavy (non-hydrogen) atoms. The highest BCUT2D eigenvalue weighted by molar-refractivity contribution is 7.93. The smallest absolute Gasteiger partial charge is 0.265 e. The fourth-order valence-corrected chi connectivity index (χ4v) is 8.19. The molecule has 4 rings (SSSR count). The van der Waals surface area contributed by atoms with Crippen molar-refractivity contribution in [3.8, 4) is 11.5 Å². The molecule has 0 fully saturated rings. The van der Waals surface area contributed by atoms with Gasteiger partial charge in [0.15, 0.2) is 0 Å². The number of ether oxygens (including phenoxy) is 2. The lowest BCUT2D eigenvalue weighted by Crippen LogP contribution is -2.50. The van der Waals surface area contributed by atoms with Gasteiger partial charge in [-0.15, -0.1) is 0 Å². The fourth-order valence-electron chi connectivity index (χ4n) is 4.95. The van der Waals surface area contributed by atoms with E-state index in [0.717, 1.165) is 19.7 Å².